The molecule has 0 aliphatic rings. The second-order valence-electron chi connectivity index (χ2n) is 10.0. The van der Waals surface area contributed by atoms with Gasteiger partial charge in [0.05, 0.1) is 0 Å². The Labute approximate surface area is 246 Å². The summed E-state index contributed by atoms with van der Waals surface area (Å²) >= 11 is 0. The molecule has 0 amide bonds. The van der Waals surface area contributed by atoms with Crippen LogP contribution < -0.4 is 5.32 Å². The lowest BCUT2D eigenvalue weighted by atomic mass is 9.96. The monoisotopic (exact) mass is 533 g/mol. The summed E-state index contributed by atoms with van der Waals surface area (Å²) in [5.41, 5.74) is 11.5. The molecule has 0 saturated heterocycles. The molecule has 0 aliphatic carbocycles. The van der Waals surface area contributed by atoms with Crippen molar-refractivity contribution < 1.29 is 0 Å². The lowest BCUT2D eigenvalue weighted by Crippen LogP contribution is -1.97. The summed E-state index contributed by atoms with van der Waals surface area (Å²) < 4.78 is 0. The molecule has 41 heavy (non-hydrogen) atoms. The van der Waals surface area contributed by atoms with Crippen molar-refractivity contribution in [1.82, 2.24) is 0 Å². The molecule has 0 atom stereocenters. The molecule has 0 radical (unpaired) electrons. The molecule has 4 rings (SSSR count). The Hall–Kier alpha value is -4.88. The third kappa shape index (κ3) is 8.55. The highest BCUT2D eigenvalue weighted by molar-refractivity contribution is 5.86. The number of para-hydroxylation sites is 1. The van der Waals surface area contributed by atoms with Gasteiger partial charge in [-0.25, -0.2) is 0 Å². The van der Waals surface area contributed by atoms with Gasteiger partial charge in [0.15, 0.2) is 0 Å². The summed E-state index contributed by atoms with van der Waals surface area (Å²) in [6.07, 6.45) is 20.4. The summed E-state index contributed by atoms with van der Waals surface area (Å²) in [4.78, 5) is 0. The maximum Gasteiger partial charge on any atom is 0.0466 e. The van der Waals surface area contributed by atoms with Gasteiger partial charge in [0, 0.05) is 16.9 Å². The van der Waals surface area contributed by atoms with Crippen molar-refractivity contribution in [2.75, 3.05) is 5.32 Å². The number of hydrogen-bond donors (Lipinski definition) is 1. The first-order valence-corrected chi connectivity index (χ1v) is 14.1. The zero-order valence-electron chi connectivity index (χ0n) is 24.2. The van der Waals surface area contributed by atoms with E-state index in [0.29, 0.717) is 0 Å². The number of aryl methyl sites for hydroxylation is 1. The van der Waals surface area contributed by atoms with Crippen molar-refractivity contribution in [3.05, 3.63) is 181 Å². The summed E-state index contributed by atoms with van der Waals surface area (Å²) in [6, 6.07) is 32.3. The van der Waals surface area contributed by atoms with E-state index in [9.17, 15) is 0 Å². The molecule has 1 N–H and O–H groups in total. The molecule has 204 valence electrons. The van der Waals surface area contributed by atoms with Crippen LogP contribution in [0.4, 0.5) is 11.4 Å². The van der Waals surface area contributed by atoms with Crippen molar-refractivity contribution in [2.24, 2.45) is 0 Å². The molecular formula is C40H39N. The Morgan fingerprint density at radius 1 is 0.756 bits per heavy atom. The SMILES string of the molecule is C=C/C=C\Cc1cccc(-c2ccc(C)c(/C=C\C(=C)c3ccc(C/C=C\C=C\C)cc3Nc3ccccc3)c2)c1. The summed E-state index contributed by atoms with van der Waals surface area (Å²) in [5, 5.41) is 3.62. The zero-order chi connectivity index (χ0) is 28.9. The van der Waals surface area contributed by atoms with Crippen molar-refractivity contribution in [2.45, 2.75) is 26.7 Å². The number of nitrogens with one attached hydrogen (secondary N) is 1. The molecule has 1 heteroatoms. The summed E-state index contributed by atoms with van der Waals surface area (Å²) in [5.74, 6) is 0. The van der Waals surface area contributed by atoms with Gasteiger partial charge in [-0.3, -0.25) is 0 Å². The second-order valence-corrected chi connectivity index (χ2v) is 10.0. The highest BCUT2D eigenvalue weighted by Crippen LogP contribution is 2.30. The van der Waals surface area contributed by atoms with E-state index >= 15 is 0 Å². The number of allylic oxidation sites excluding steroid dienone is 9. The molecule has 0 heterocycles. The third-order valence-corrected chi connectivity index (χ3v) is 6.91. The molecule has 0 spiro atoms. The molecule has 0 aromatic heterocycles. The summed E-state index contributed by atoms with van der Waals surface area (Å²) in [7, 11) is 0. The van der Waals surface area contributed by atoms with Crippen molar-refractivity contribution in [1.29, 1.82) is 0 Å². The van der Waals surface area contributed by atoms with Crippen LogP contribution in [0.5, 0.6) is 0 Å². The normalized spacial score (nSPS) is 11.7. The highest BCUT2D eigenvalue weighted by Gasteiger charge is 2.08. The fraction of sp³-hybridized carbons (Fsp3) is 0.100. The Bertz CT molecular complexity index is 1600. The zero-order valence-corrected chi connectivity index (χ0v) is 24.2. The van der Waals surface area contributed by atoms with Gasteiger partial charge < -0.3 is 5.32 Å². The lowest BCUT2D eigenvalue weighted by Gasteiger charge is -2.14. The molecule has 0 fully saturated rings. The van der Waals surface area contributed by atoms with Gasteiger partial charge >= 0.3 is 0 Å². The van der Waals surface area contributed by atoms with Crippen LogP contribution in [-0.2, 0) is 12.8 Å². The quantitative estimate of drug-likeness (QED) is 0.179. The van der Waals surface area contributed by atoms with E-state index < -0.39 is 0 Å². The van der Waals surface area contributed by atoms with Crippen LogP contribution in [0.1, 0.15) is 34.7 Å². The van der Waals surface area contributed by atoms with E-state index in [1.807, 2.05) is 43.4 Å². The van der Waals surface area contributed by atoms with Gasteiger partial charge in [-0.1, -0.05) is 135 Å². The smallest absolute Gasteiger partial charge is 0.0466 e. The Morgan fingerprint density at radius 3 is 2.29 bits per heavy atom. The fourth-order valence-electron chi connectivity index (χ4n) is 4.63. The first kappa shape index (κ1) is 29.1. The van der Waals surface area contributed by atoms with Crippen LogP contribution in [0.25, 0.3) is 22.8 Å². The van der Waals surface area contributed by atoms with Crippen molar-refractivity contribution in [3.63, 3.8) is 0 Å². The second kappa shape index (κ2) is 15.1. The van der Waals surface area contributed by atoms with E-state index in [1.165, 1.54) is 33.4 Å². The number of rotatable bonds is 12. The lowest BCUT2D eigenvalue weighted by molar-refractivity contribution is 1.26. The van der Waals surface area contributed by atoms with Crippen LogP contribution in [0, 0.1) is 6.92 Å². The predicted molar refractivity (Wildman–Crippen MR) is 182 cm³/mol. The highest BCUT2D eigenvalue weighted by atomic mass is 14.9. The van der Waals surface area contributed by atoms with Gasteiger partial charge in [-0.2, -0.15) is 0 Å². The Kier molecular flexibility index (Phi) is 10.7. The molecule has 0 bridgehead atoms. The minimum atomic E-state index is 0.869. The van der Waals surface area contributed by atoms with Crippen molar-refractivity contribution >= 4 is 23.0 Å². The average molecular weight is 534 g/mol. The predicted octanol–water partition coefficient (Wildman–Crippen LogP) is 11.1. The number of anilines is 2. The molecule has 1 nitrogen and oxygen atoms in total. The minimum Gasteiger partial charge on any atom is -0.355 e. The Morgan fingerprint density at radius 2 is 1.51 bits per heavy atom. The maximum absolute atomic E-state index is 4.45. The van der Waals surface area contributed by atoms with Gasteiger partial charge in [-0.15, -0.1) is 0 Å². The maximum atomic E-state index is 4.45. The molecule has 4 aromatic rings. The van der Waals surface area contributed by atoms with Crippen LogP contribution in [0.15, 0.2) is 153 Å². The first-order chi connectivity index (χ1) is 20.1. The van der Waals surface area contributed by atoms with Gasteiger partial charge in [0.2, 0.25) is 0 Å². The minimum absolute atomic E-state index is 0.869. The third-order valence-electron chi connectivity index (χ3n) is 6.91. The largest absolute Gasteiger partial charge is 0.355 e. The molecule has 0 saturated carbocycles. The van der Waals surface area contributed by atoms with Gasteiger partial charge in [0.1, 0.15) is 0 Å². The fourth-order valence-corrected chi connectivity index (χ4v) is 4.63. The molecule has 0 aliphatic heterocycles. The van der Waals surface area contributed by atoms with Crippen LogP contribution in [0.2, 0.25) is 0 Å². The molecular weight excluding hydrogens is 494 g/mol. The number of hydrogen-bond acceptors (Lipinski definition) is 1. The van der Waals surface area contributed by atoms with Crippen LogP contribution in [0.3, 0.4) is 0 Å². The van der Waals surface area contributed by atoms with E-state index in [0.717, 1.165) is 35.4 Å². The Balaban J connectivity index is 1.60. The van der Waals surface area contributed by atoms with Gasteiger partial charge in [0.25, 0.3) is 0 Å². The summed E-state index contributed by atoms with van der Waals surface area (Å²) in [6.45, 7) is 12.4. The molecule has 0 unspecified atom stereocenters. The van der Waals surface area contributed by atoms with Crippen LogP contribution >= 0.6 is 0 Å². The van der Waals surface area contributed by atoms with E-state index in [4.69, 9.17) is 0 Å². The molecule has 4 aromatic carbocycles. The van der Waals surface area contributed by atoms with Crippen LogP contribution in [-0.4, -0.2) is 0 Å². The first-order valence-electron chi connectivity index (χ1n) is 14.1. The average Bonchev–Trinajstić information content (AvgIpc) is 3.00. The van der Waals surface area contributed by atoms with E-state index in [2.05, 4.69) is 135 Å². The standard InChI is InChI=1S/C40H39N/c1-5-7-9-12-17-34-24-27-39(40(29-34)41-38-20-13-10-14-21-38)32(4)23-25-35-30-37(26-22-31(35)3)36-19-15-18-33(28-36)16-11-8-6-2/h5-15,18-30,41H,2,4,16-17H2,1,3H3/b7-5+,11-8-,12-9-,25-23-. The van der Waals surface area contributed by atoms with Gasteiger partial charge in [-0.05, 0) is 89.9 Å². The van der Waals surface area contributed by atoms with E-state index in [1.54, 1.807) is 0 Å². The topological polar surface area (TPSA) is 12.0 Å². The van der Waals surface area contributed by atoms with E-state index in [-0.39, 0.29) is 0 Å². The number of benzene rings is 4. The van der Waals surface area contributed by atoms with Crippen molar-refractivity contribution in [3.8, 4) is 11.1 Å².